The monoisotopic (exact) mass is 308 g/mol. The lowest BCUT2D eigenvalue weighted by atomic mass is 10.2. The molecule has 0 bridgehead atoms. The zero-order valence-electron chi connectivity index (χ0n) is 9.09. The summed E-state index contributed by atoms with van der Waals surface area (Å²) in [5.74, 6) is -0.323. The molecule has 0 aliphatic carbocycles. The molecule has 0 aliphatic rings. The Morgan fingerprint density at radius 3 is 3.06 bits per heavy atom. The third-order valence-corrected chi connectivity index (χ3v) is 2.60. The summed E-state index contributed by atoms with van der Waals surface area (Å²) in [5.41, 5.74) is 3.12. The molecule has 0 unspecified atom stereocenters. The predicted molar refractivity (Wildman–Crippen MR) is 69.5 cm³/mol. The Bertz CT molecular complexity index is 581. The van der Waals surface area contributed by atoms with Crippen LogP contribution in [0.3, 0.4) is 0 Å². The van der Waals surface area contributed by atoms with Gasteiger partial charge in [0.1, 0.15) is 11.4 Å². The lowest BCUT2D eigenvalue weighted by molar-refractivity contribution is 0.0950. The van der Waals surface area contributed by atoms with Crippen LogP contribution in [0.5, 0.6) is 5.75 Å². The molecule has 1 heterocycles. The molecule has 0 radical (unpaired) electrons. The summed E-state index contributed by atoms with van der Waals surface area (Å²) in [6.07, 6.45) is 2.83. The van der Waals surface area contributed by atoms with E-state index in [2.05, 4.69) is 36.7 Å². The maximum absolute atomic E-state index is 11.5. The molecule has 0 saturated heterocycles. The normalized spacial score (nSPS) is 10.7. The summed E-state index contributed by atoms with van der Waals surface area (Å²) in [6.45, 7) is 0. The first kappa shape index (κ1) is 12.3. The number of nitrogens with zero attached hydrogens (tertiary/aromatic N) is 2. The van der Waals surface area contributed by atoms with Gasteiger partial charge in [0.2, 0.25) is 0 Å². The molecule has 0 aliphatic heterocycles. The Labute approximate surface area is 111 Å². The second kappa shape index (κ2) is 5.46. The number of hydrazone groups is 1. The van der Waals surface area contributed by atoms with E-state index in [0.717, 1.165) is 4.47 Å². The van der Waals surface area contributed by atoms with Crippen molar-refractivity contribution in [1.82, 2.24) is 15.6 Å². The first-order valence-electron chi connectivity index (χ1n) is 4.98. The van der Waals surface area contributed by atoms with Crippen molar-refractivity contribution >= 4 is 28.1 Å². The van der Waals surface area contributed by atoms with E-state index in [1.54, 1.807) is 12.1 Å². The van der Waals surface area contributed by atoms with E-state index < -0.39 is 5.91 Å². The molecule has 0 spiro atoms. The lowest BCUT2D eigenvalue weighted by Crippen LogP contribution is -2.17. The number of rotatable bonds is 3. The van der Waals surface area contributed by atoms with Crippen LogP contribution in [0.2, 0.25) is 0 Å². The first-order chi connectivity index (χ1) is 8.66. The average molecular weight is 309 g/mol. The van der Waals surface area contributed by atoms with E-state index in [0.29, 0.717) is 11.3 Å². The van der Waals surface area contributed by atoms with E-state index in [-0.39, 0.29) is 5.75 Å². The highest BCUT2D eigenvalue weighted by Gasteiger charge is 2.04. The molecular weight excluding hydrogens is 300 g/mol. The van der Waals surface area contributed by atoms with Gasteiger partial charge >= 0.3 is 0 Å². The first-order valence-corrected chi connectivity index (χ1v) is 5.77. The number of aromatic nitrogens is 2. The van der Waals surface area contributed by atoms with Gasteiger partial charge in [0.05, 0.1) is 6.21 Å². The molecule has 1 aromatic heterocycles. The summed E-state index contributed by atoms with van der Waals surface area (Å²) < 4.78 is 0.807. The number of benzene rings is 1. The summed E-state index contributed by atoms with van der Waals surface area (Å²) in [7, 11) is 0. The summed E-state index contributed by atoms with van der Waals surface area (Å²) in [6, 6.07) is 6.45. The van der Waals surface area contributed by atoms with Crippen molar-refractivity contribution in [2.45, 2.75) is 0 Å². The molecule has 6 nitrogen and oxygen atoms in total. The quantitative estimate of drug-likeness (QED) is 0.595. The number of hydrogen-bond acceptors (Lipinski definition) is 4. The van der Waals surface area contributed by atoms with Crippen LogP contribution in [0.1, 0.15) is 16.1 Å². The van der Waals surface area contributed by atoms with Gasteiger partial charge in [0.15, 0.2) is 0 Å². The average Bonchev–Trinajstić information content (AvgIpc) is 2.87. The number of halogens is 1. The molecule has 18 heavy (non-hydrogen) atoms. The van der Waals surface area contributed by atoms with Crippen LogP contribution in [-0.2, 0) is 0 Å². The van der Waals surface area contributed by atoms with E-state index in [9.17, 15) is 9.90 Å². The van der Waals surface area contributed by atoms with Crippen LogP contribution in [0.15, 0.2) is 40.0 Å². The van der Waals surface area contributed by atoms with Gasteiger partial charge in [-0.1, -0.05) is 15.9 Å². The molecule has 0 atom stereocenters. The van der Waals surface area contributed by atoms with Crippen LogP contribution in [0, 0.1) is 0 Å². The molecule has 2 rings (SSSR count). The largest absolute Gasteiger partial charge is 0.507 e. The summed E-state index contributed by atoms with van der Waals surface area (Å²) in [4.78, 5) is 11.5. The van der Waals surface area contributed by atoms with Crippen molar-refractivity contribution < 1.29 is 9.90 Å². The molecule has 3 N–H and O–H groups in total. The number of H-pyrrole nitrogens is 1. The van der Waals surface area contributed by atoms with Crippen molar-refractivity contribution in [3.05, 3.63) is 46.2 Å². The molecule has 1 amide bonds. The number of phenolic OH excluding ortho intramolecular Hbond substituents is 1. The lowest BCUT2D eigenvalue weighted by Gasteiger charge is -1.99. The van der Waals surface area contributed by atoms with Crippen molar-refractivity contribution in [1.29, 1.82) is 0 Å². The molecule has 0 fully saturated rings. The van der Waals surface area contributed by atoms with E-state index in [4.69, 9.17) is 0 Å². The molecule has 2 aromatic rings. The highest BCUT2D eigenvalue weighted by molar-refractivity contribution is 9.10. The number of hydrogen-bond donors (Lipinski definition) is 3. The summed E-state index contributed by atoms with van der Waals surface area (Å²) >= 11 is 3.28. The topological polar surface area (TPSA) is 90.4 Å². The van der Waals surface area contributed by atoms with Gasteiger partial charge in [-0.05, 0) is 24.3 Å². The van der Waals surface area contributed by atoms with E-state index in [1.165, 1.54) is 24.5 Å². The number of nitrogens with one attached hydrogen (secondary N) is 2. The fourth-order valence-corrected chi connectivity index (χ4v) is 1.61. The highest BCUT2D eigenvalue weighted by Crippen LogP contribution is 2.19. The second-order valence-corrected chi connectivity index (χ2v) is 4.29. The fraction of sp³-hybridized carbons (Fsp3) is 0. The van der Waals surface area contributed by atoms with Gasteiger partial charge in [-0.15, -0.1) is 0 Å². The molecule has 0 saturated carbocycles. The number of phenols is 1. The maximum Gasteiger partial charge on any atom is 0.289 e. The minimum atomic E-state index is -0.404. The number of amides is 1. The van der Waals surface area contributed by atoms with Gasteiger partial charge in [0.25, 0.3) is 5.91 Å². The molecule has 7 heteroatoms. The van der Waals surface area contributed by atoms with Crippen molar-refractivity contribution in [2.75, 3.05) is 0 Å². The number of aromatic amines is 1. The zero-order chi connectivity index (χ0) is 13.0. The standard InChI is InChI=1S/C11H9BrN4O2/c12-8-1-2-10(17)7(5-8)6-14-16-11(18)9-3-4-13-15-9/h1-6,17H,(H,13,15)(H,16,18). The fourth-order valence-electron chi connectivity index (χ4n) is 1.23. The van der Waals surface area contributed by atoms with E-state index >= 15 is 0 Å². The third kappa shape index (κ3) is 2.95. The van der Waals surface area contributed by atoms with Gasteiger partial charge in [-0.2, -0.15) is 10.2 Å². The number of carbonyl (C=O) groups is 1. The Kier molecular flexibility index (Phi) is 3.73. The Morgan fingerprint density at radius 2 is 2.33 bits per heavy atom. The van der Waals surface area contributed by atoms with Gasteiger partial charge in [-0.25, -0.2) is 5.43 Å². The Balaban J connectivity index is 2.03. The SMILES string of the molecule is O=C(NN=Cc1cc(Br)ccc1O)c1ccn[nH]1. The highest BCUT2D eigenvalue weighted by atomic mass is 79.9. The minimum Gasteiger partial charge on any atom is -0.507 e. The van der Waals surface area contributed by atoms with Crippen molar-refractivity contribution in [3.63, 3.8) is 0 Å². The zero-order valence-corrected chi connectivity index (χ0v) is 10.7. The van der Waals surface area contributed by atoms with Crippen LogP contribution >= 0.6 is 15.9 Å². The second-order valence-electron chi connectivity index (χ2n) is 3.37. The van der Waals surface area contributed by atoms with Gasteiger partial charge < -0.3 is 5.11 Å². The third-order valence-electron chi connectivity index (χ3n) is 2.10. The Morgan fingerprint density at radius 1 is 1.50 bits per heavy atom. The number of aromatic hydroxyl groups is 1. The maximum atomic E-state index is 11.5. The van der Waals surface area contributed by atoms with Crippen molar-refractivity contribution in [2.24, 2.45) is 5.10 Å². The molecular formula is C11H9BrN4O2. The predicted octanol–water partition coefficient (Wildman–Crippen LogP) is 1.64. The Hall–Kier alpha value is -2.15. The molecule has 92 valence electrons. The van der Waals surface area contributed by atoms with Gasteiger partial charge in [-0.3, -0.25) is 9.89 Å². The van der Waals surface area contributed by atoms with Crippen molar-refractivity contribution in [3.8, 4) is 5.75 Å². The van der Waals surface area contributed by atoms with E-state index in [1.807, 2.05) is 0 Å². The number of carbonyl (C=O) groups excluding carboxylic acids is 1. The smallest absolute Gasteiger partial charge is 0.289 e. The summed E-state index contributed by atoms with van der Waals surface area (Å²) in [5, 5.41) is 19.5. The minimum absolute atomic E-state index is 0.0812. The van der Waals surface area contributed by atoms with Crippen LogP contribution < -0.4 is 5.43 Å². The molecule has 1 aromatic carbocycles. The van der Waals surface area contributed by atoms with Gasteiger partial charge in [0, 0.05) is 16.2 Å². The van der Waals surface area contributed by atoms with Crippen LogP contribution in [0.25, 0.3) is 0 Å². The van der Waals surface area contributed by atoms with Crippen LogP contribution in [0.4, 0.5) is 0 Å². The van der Waals surface area contributed by atoms with Crippen LogP contribution in [-0.4, -0.2) is 27.4 Å².